The normalized spacial score (nSPS) is 11.1. The molecule has 3 rings (SSSR count). The number of benzene rings is 1. The van der Waals surface area contributed by atoms with E-state index in [1.165, 1.54) is 0 Å². The average molecular weight is 233 g/mol. The molecular weight excluding hydrogens is 222 g/mol. The summed E-state index contributed by atoms with van der Waals surface area (Å²) in [5.41, 5.74) is 2.92. The van der Waals surface area contributed by atoms with Crippen LogP contribution in [0.15, 0.2) is 66.0 Å². The van der Waals surface area contributed by atoms with Gasteiger partial charge in [-0.25, -0.2) is 0 Å². The van der Waals surface area contributed by atoms with Gasteiger partial charge in [0.25, 0.3) is 0 Å². The molecule has 86 valence electrons. The highest BCUT2D eigenvalue weighted by molar-refractivity contribution is 5.93. The number of hydrogen-bond acceptors (Lipinski definition) is 3. The molecule has 2 heterocycles. The Labute approximate surface area is 105 Å². The SMILES string of the molecule is C(=Nc1cccc2ncccc12)c1ccncc1. The Morgan fingerprint density at radius 3 is 2.67 bits per heavy atom. The maximum absolute atomic E-state index is 4.51. The second-order valence-electron chi connectivity index (χ2n) is 3.89. The Morgan fingerprint density at radius 2 is 1.78 bits per heavy atom. The van der Waals surface area contributed by atoms with Crippen LogP contribution in [0.4, 0.5) is 5.69 Å². The number of aliphatic imine (C=N–C) groups is 1. The second kappa shape index (κ2) is 4.75. The maximum Gasteiger partial charge on any atom is 0.0723 e. The Morgan fingerprint density at radius 1 is 0.889 bits per heavy atom. The molecular formula is C15H11N3. The van der Waals surface area contributed by atoms with Gasteiger partial charge in [-0.1, -0.05) is 6.07 Å². The molecule has 3 heteroatoms. The Bertz CT molecular complexity index is 685. The lowest BCUT2D eigenvalue weighted by molar-refractivity contribution is 1.32. The summed E-state index contributed by atoms with van der Waals surface area (Å²) < 4.78 is 0. The van der Waals surface area contributed by atoms with Gasteiger partial charge in [-0.15, -0.1) is 0 Å². The van der Waals surface area contributed by atoms with Crippen LogP contribution in [0.1, 0.15) is 5.56 Å². The fourth-order valence-corrected chi connectivity index (χ4v) is 1.79. The largest absolute Gasteiger partial charge is 0.265 e. The number of pyridine rings is 2. The smallest absolute Gasteiger partial charge is 0.0723 e. The fourth-order valence-electron chi connectivity index (χ4n) is 1.79. The molecule has 2 aromatic heterocycles. The Kier molecular flexibility index (Phi) is 2.80. The van der Waals surface area contributed by atoms with Gasteiger partial charge in [-0.05, 0) is 42.0 Å². The Balaban J connectivity index is 2.03. The lowest BCUT2D eigenvalue weighted by atomic mass is 10.2. The minimum Gasteiger partial charge on any atom is -0.265 e. The predicted molar refractivity (Wildman–Crippen MR) is 73.2 cm³/mol. The summed E-state index contributed by atoms with van der Waals surface area (Å²) in [6.45, 7) is 0. The van der Waals surface area contributed by atoms with E-state index in [-0.39, 0.29) is 0 Å². The van der Waals surface area contributed by atoms with Crippen molar-refractivity contribution in [2.24, 2.45) is 4.99 Å². The molecule has 0 N–H and O–H groups in total. The van der Waals surface area contributed by atoms with Gasteiger partial charge in [0.1, 0.15) is 0 Å². The quantitative estimate of drug-likeness (QED) is 0.636. The number of hydrogen-bond donors (Lipinski definition) is 0. The molecule has 0 aliphatic heterocycles. The summed E-state index contributed by atoms with van der Waals surface area (Å²) in [6.07, 6.45) is 7.14. The standard InChI is InChI=1S/C15H11N3/c1-4-14-13(3-2-8-17-14)15(5-1)18-11-12-6-9-16-10-7-12/h1-11H. The third kappa shape index (κ3) is 2.11. The number of aromatic nitrogens is 2. The average Bonchev–Trinajstić information content (AvgIpc) is 2.46. The zero-order valence-electron chi connectivity index (χ0n) is 9.69. The second-order valence-corrected chi connectivity index (χ2v) is 3.89. The Hall–Kier alpha value is -2.55. The van der Waals surface area contributed by atoms with Crippen molar-refractivity contribution < 1.29 is 0 Å². The van der Waals surface area contributed by atoms with Gasteiger partial charge >= 0.3 is 0 Å². The van der Waals surface area contributed by atoms with Gasteiger partial charge in [0.15, 0.2) is 0 Å². The van der Waals surface area contributed by atoms with Crippen molar-refractivity contribution in [1.29, 1.82) is 0 Å². The minimum absolute atomic E-state index is 0.928. The van der Waals surface area contributed by atoms with Crippen LogP contribution in [0.2, 0.25) is 0 Å². The van der Waals surface area contributed by atoms with E-state index in [0.29, 0.717) is 0 Å². The van der Waals surface area contributed by atoms with E-state index in [4.69, 9.17) is 0 Å². The van der Waals surface area contributed by atoms with Gasteiger partial charge in [-0.2, -0.15) is 0 Å². The van der Waals surface area contributed by atoms with E-state index >= 15 is 0 Å². The van der Waals surface area contributed by atoms with Crippen LogP contribution in [0.3, 0.4) is 0 Å². The van der Waals surface area contributed by atoms with Crippen LogP contribution in [0.25, 0.3) is 10.9 Å². The third-order valence-corrected chi connectivity index (χ3v) is 2.68. The van der Waals surface area contributed by atoms with Gasteiger partial charge in [0.05, 0.1) is 11.2 Å². The zero-order chi connectivity index (χ0) is 12.2. The zero-order valence-corrected chi connectivity index (χ0v) is 9.69. The fraction of sp³-hybridized carbons (Fsp3) is 0. The number of nitrogens with zero attached hydrogens (tertiary/aromatic N) is 3. The first-order valence-corrected chi connectivity index (χ1v) is 5.71. The first-order chi connectivity index (χ1) is 8.93. The van der Waals surface area contributed by atoms with E-state index in [1.54, 1.807) is 18.6 Å². The maximum atomic E-state index is 4.51. The molecule has 0 amide bonds. The highest BCUT2D eigenvalue weighted by Gasteiger charge is 1.98. The summed E-state index contributed by atoms with van der Waals surface area (Å²) in [4.78, 5) is 12.8. The molecule has 18 heavy (non-hydrogen) atoms. The van der Waals surface area contributed by atoms with E-state index in [9.17, 15) is 0 Å². The summed E-state index contributed by atoms with van der Waals surface area (Å²) in [7, 11) is 0. The van der Waals surface area contributed by atoms with Gasteiger partial charge < -0.3 is 0 Å². The highest BCUT2D eigenvalue weighted by Crippen LogP contribution is 2.23. The molecule has 0 bridgehead atoms. The van der Waals surface area contributed by atoms with Crippen molar-refractivity contribution in [2.75, 3.05) is 0 Å². The molecule has 3 nitrogen and oxygen atoms in total. The molecule has 0 unspecified atom stereocenters. The third-order valence-electron chi connectivity index (χ3n) is 2.68. The lowest BCUT2D eigenvalue weighted by Gasteiger charge is -2.00. The molecule has 0 aliphatic rings. The summed E-state index contributed by atoms with van der Waals surface area (Å²) in [5.74, 6) is 0. The van der Waals surface area contributed by atoms with E-state index < -0.39 is 0 Å². The van der Waals surface area contributed by atoms with Crippen LogP contribution in [0.5, 0.6) is 0 Å². The van der Waals surface area contributed by atoms with Crippen LogP contribution < -0.4 is 0 Å². The van der Waals surface area contributed by atoms with Crippen LogP contribution >= 0.6 is 0 Å². The van der Waals surface area contributed by atoms with Crippen molar-refractivity contribution in [3.05, 3.63) is 66.6 Å². The summed E-state index contributed by atoms with van der Waals surface area (Å²) >= 11 is 0. The van der Waals surface area contributed by atoms with Gasteiger partial charge in [0, 0.05) is 30.2 Å². The van der Waals surface area contributed by atoms with Crippen molar-refractivity contribution in [3.8, 4) is 0 Å². The summed E-state index contributed by atoms with van der Waals surface area (Å²) in [6, 6.07) is 13.7. The van der Waals surface area contributed by atoms with E-state index in [0.717, 1.165) is 22.2 Å². The van der Waals surface area contributed by atoms with Crippen LogP contribution in [0, 0.1) is 0 Å². The highest BCUT2D eigenvalue weighted by atomic mass is 14.7. The molecule has 1 aromatic carbocycles. The lowest BCUT2D eigenvalue weighted by Crippen LogP contribution is -1.81. The molecule has 0 saturated heterocycles. The van der Waals surface area contributed by atoms with E-state index in [1.807, 2.05) is 48.7 Å². The molecule has 0 atom stereocenters. The van der Waals surface area contributed by atoms with Crippen molar-refractivity contribution in [2.45, 2.75) is 0 Å². The van der Waals surface area contributed by atoms with Crippen molar-refractivity contribution in [1.82, 2.24) is 9.97 Å². The number of fused-ring (bicyclic) bond motifs is 1. The van der Waals surface area contributed by atoms with E-state index in [2.05, 4.69) is 15.0 Å². The van der Waals surface area contributed by atoms with Crippen LogP contribution in [-0.4, -0.2) is 16.2 Å². The first kappa shape index (κ1) is 10.6. The van der Waals surface area contributed by atoms with Crippen LogP contribution in [-0.2, 0) is 0 Å². The van der Waals surface area contributed by atoms with Gasteiger partial charge in [-0.3, -0.25) is 15.0 Å². The number of rotatable bonds is 2. The molecule has 0 spiro atoms. The molecule has 0 fully saturated rings. The predicted octanol–water partition coefficient (Wildman–Crippen LogP) is 3.38. The molecule has 0 radical (unpaired) electrons. The topological polar surface area (TPSA) is 38.1 Å². The monoisotopic (exact) mass is 233 g/mol. The minimum atomic E-state index is 0.928. The molecule has 3 aromatic rings. The molecule has 0 saturated carbocycles. The van der Waals surface area contributed by atoms with Gasteiger partial charge in [0.2, 0.25) is 0 Å². The molecule has 0 aliphatic carbocycles. The van der Waals surface area contributed by atoms with Crippen molar-refractivity contribution >= 4 is 22.8 Å². The summed E-state index contributed by atoms with van der Waals surface area (Å²) in [5, 5.41) is 1.06. The van der Waals surface area contributed by atoms with Crippen molar-refractivity contribution in [3.63, 3.8) is 0 Å². The first-order valence-electron chi connectivity index (χ1n) is 5.71.